The standard InChI is InChI=1S/C17H24N2O4/c1-17(2)22-15-14(20)13(21-16(15)23-17)10-19-9-5-7-12(19)11-6-3-4-8-18-11/h3-4,6,8,12-16,20H,5,7,9-10H2,1-2H3/t12-,13+,14-,15+,16+/m0/s1. The van der Waals surface area contributed by atoms with Crippen molar-refractivity contribution < 1.29 is 19.3 Å². The summed E-state index contributed by atoms with van der Waals surface area (Å²) in [4.78, 5) is 6.84. The van der Waals surface area contributed by atoms with Gasteiger partial charge in [-0.25, -0.2) is 0 Å². The molecule has 1 aromatic rings. The summed E-state index contributed by atoms with van der Waals surface area (Å²) in [6, 6.07) is 6.32. The molecule has 5 atom stereocenters. The Bertz CT molecular complexity index is 553. The lowest BCUT2D eigenvalue weighted by molar-refractivity contribution is -0.216. The molecule has 0 saturated carbocycles. The van der Waals surface area contributed by atoms with Gasteiger partial charge in [-0.05, 0) is 45.4 Å². The molecule has 0 unspecified atom stereocenters. The van der Waals surface area contributed by atoms with Crippen molar-refractivity contribution in [2.24, 2.45) is 0 Å². The van der Waals surface area contributed by atoms with E-state index in [0.29, 0.717) is 12.6 Å². The molecule has 23 heavy (non-hydrogen) atoms. The second-order valence-corrected chi connectivity index (χ2v) is 7.04. The lowest BCUT2D eigenvalue weighted by atomic mass is 10.1. The van der Waals surface area contributed by atoms with E-state index < -0.39 is 24.3 Å². The monoisotopic (exact) mass is 320 g/mol. The number of ether oxygens (including phenoxy) is 3. The van der Waals surface area contributed by atoms with Crippen LogP contribution in [0.4, 0.5) is 0 Å². The number of likely N-dealkylation sites (tertiary alicyclic amines) is 1. The highest BCUT2D eigenvalue weighted by atomic mass is 16.8. The summed E-state index contributed by atoms with van der Waals surface area (Å²) in [7, 11) is 0. The van der Waals surface area contributed by atoms with Crippen LogP contribution in [0.3, 0.4) is 0 Å². The van der Waals surface area contributed by atoms with Crippen LogP contribution in [0.1, 0.15) is 38.4 Å². The number of hydrogen-bond donors (Lipinski definition) is 1. The Morgan fingerprint density at radius 1 is 1.35 bits per heavy atom. The van der Waals surface area contributed by atoms with E-state index in [1.807, 2.05) is 32.2 Å². The Kier molecular flexibility index (Phi) is 3.90. The molecule has 3 saturated heterocycles. The number of nitrogens with zero attached hydrogens (tertiary/aromatic N) is 2. The van der Waals surface area contributed by atoms with Crippen LogP contribution in [0.2, 0.25) is 0 Å². The predicted octanol–water partition coefficient (Wildman–Crippen LogP) is 1.46. The van der Waals surface area contributed by atoms with Gasteiger partial charge in [0.1, 0.15) is 18.3 Å². The zero-order valence-corrected chi connectivity index (χ0v) is 13.6. The van der Waals surface area contributed by atoms with Gasteiger partial charge >= 0.3 is 0 Å². The number of aliphatic hydroxyl groups is 1. The van der Waals surface area contributed by atoms with Gasteiger partial charge in [-0.2, -0.15) is 0 Å². The fourth-order valence-corrected chi connectivity index (χ4v) is 3.89. The Balaban J connectivity index is 1.43. The third-order valence-corrected chi connectivity index (χ3v) is 4.92. The van der Waals surface area contributed by atoms with E-state index in [9.17, 15) is 5.11 Å². The van der Waals surface area contributed by atoms with E-state index >= 15 is 0 Å². The van der Waals surface area contributed by atoms with Crippen molar-refractivity contribution in [3.8, 4) is 0 Å². The third-order valence-electron chi connectivity index (χ3n) is 4.92. The van der Waals surface area contributed by atoms with E-state index in [4.69, 9.17) is 14.2 Å². The highest BCUT2D eigenvalue weighted by Gasteiger charge is 2.54. The molecular formula is C17H24N2O4. The van der Waals surface area contributed by atoms with E-state index in [1.54, 1.807) is 0 Å². The first-order valence-electron chi connectivity index (χ1n) is 8.38. The van der Waals surface area contributed by atoms with Crippen LogP contribution in [0.15, 0.2) is 24.4 Å². The van der Waals surface area contributed by atoms with E-state index in [2.05, 4.69) is 16.0 Å². The smallest absolute Gasteiger partial charge is 0.190 e. The summed E-state index contributed by atoms with van der Waals surface area (Å²) in [5.74, 6) is -0.689. The number of hydrogen-bond acceptors (Lipinski definition) is 6. The highest BCUT2D eigenvalue weighted by molar-refractivity contribution is 5.11. The molecule has 4 heterocycles. The summed E-state index contributed by atoms with van der Waals surface area (Å²) < 4.78 is 17.4. The Morgan fingerprint density at radius 2 is 2.22 bits per heavy atom. The van der Waals surface area contributed by atoms with Crippen LogP contribution in [0.5, 0.6) is 0 Å². The fraction of sp³-hybridized carbons (Fsp3) is 0.706. The van der Waals surface area contributed by atoms with Crippen molar-refractivity contribution in [2.75, 3.05) is 13.1 Å². The lowest BCUT2D eigenvalue weighted by Crippen LogP contribution is -2.41. The van der Waals surface area contributed by atoms with Crippen LogP contribution < -0.4 is 0 Å². The topological polar surface area (TPSA) is 64.1 Å². The van der Waals surface area contributed by atoms with Crippen molar-refractivity contribution in [3.05, 3.63) is 30.1 Å². The van der Waals surface area contributed by atoms with Gasteiger partial charge in [-0.15, -0.1) is 0 Å². The van der Waals surface area contributed by atoms with Gasteiger partial charge < -0.3 is 19.3 Å². The van der Waals surface area contributed by atoms with Crippen molar-refractivity contribution in [2.45, 2.75) is 63.1 Å². The van der Waals surface area contributed by atoms with Crippen molar-refractivity contribution in [1.82, 2.24) is 9.88 Å². The first-order chi connectivity index (χ1) is 11.0. The number of aromatic nitrogens is 1. The molecule has 1 N–H and O–H groups in total. The second-order valence-electron chi connectivity index (χ2n) is 7.04. The summed E-state index contributed by atoms with van der Waals surface area (Å²) >= 11 is 0. The van der Waals surface area contributed by atoms with Gasteiger partial charge in [0.05, 0.1) is 11.7 Å². The maximum atomic E-state index is 10.5. The van der Waals surface area contributed by atoms with Gasteiger partial charge in [0.2, 0.25) is 0 Å². The molecule has 3 aliphatic heterocycles. The van der Waals surface area contributed by atoms with Gasteiger partial charge in [0, 0.05) is 12.7 Å². The van der Waals surface area contributed by atoms with Crippen LogP contribution in [-0.4, -0.2) is 58.5 Å². The molecule has 0 spiro atoms. The highest BCUT2D eigenvalue weighted by Crippen LogP contribution is 2.39. The van der Waals surface area contributed by atoms with E-state index in [-0.39, 0.29) is 6.10 Å². The normalized spacial score (nSPS) is 39.7. The number of fused-ring (bicyclic) bond motifs is 1. The van der Waals surface area contributed by atoms with Crippen LogP contribution in [0, 0.1) is 0 Å². The summed E-state index contributed by atoms with van der Waals surface area (Å²) in [6.45, 7) is 5.35. The Hall–Kier alpha value is -1.05. The van der Waals surface area contributed by atoms with Crippen molar-refractivity contribution in [3.63, 3.8) is 0 Å². The molecule has 0 radical (unpaired) electrons. The van der Waals surface area contributed by atoms with E-state index in [1.165, 1.54) is 0 Å². The van der Waals surface area contributed by atoms with Crippen LogP contribution in [-0.2, 0) is 14.2 Å². The van der Waals surface area contributed by atoms with Crippen molar-refractivity contribution in [1.29, 1.82) is 0 Å². The molecule has 3 aliphatic rings. The summed E-state index contributed by atoms with van der Waals surface area (Å²) in [5.41, 5.74) is 1.09. The zero-order valence-electron chi connectivity index (χ0n) is 13.6. The molecule has 0 amide bonds. The molecule has 0 aromatic carbocycles. The zero-order chi connectivity index (χ0) is 16.0. The molecule has 6 heteroatoms. The maximum absolute atomic E-state index is 10.5. The Labute approximate surface area is 136 Å². The van der Waals surface area contributed by atoms with Crippen LogP contribution in [0.25, 0.3) is 0 Å². The average Bonchev–Trinajstić information content (AvgIpc) is 3.17. The molecule has 6 nitrogen and oxygen atoms in total. The first-order valence-corrected chi connectivity index (χ1v) is 8.38. The van der Waals surface area contributed by atoms with Gasteiger partial charge in [-0.3, -0.25) is 9.88 Å². The minimum absolute atomic E-state index is 0.287. The minimum Gasteiger partial charge on any atom is -0.387 e. The van der Waals surface area contributed by atoms with Gasteiger partial charge in [0.15, 0.2) is 12.1 Å². The SMILES string of the molecule is CC1(C)O[C@H]2O[C@H](CN3CCC[C@H]3c3ccccn3)[C@H](O)[C@H]2O1. The van der Waals surface area contributed by atoms with Gasteiger partial charge in [0.25, 0.3) is 0 Å². The molecule has 3 fully saturated rings. The molecule has 0 bridgehead atoms. The third kappa shape index (κ3) is 2.90. The minimum atomic E-state index is -0.689. The molecule has 4 rings (SSSR count). The molecule has 1 aromatic heterocycles. The summed E-state index contributed by atoms with van der Waals surface area (Å²) in [6.07, 6.45) is 2.24. The predicted molar refractivity (Wildman–Crippen MR) is 82.5 cm³/mol. The second kappa shape index (κ2) is 5.79. The Morgan fingerprint density at radius 3 is 2.96 bits per heavy atom. The lowest BCUT2D eigenvalue weighted by Gasteiger charge is -2.29. The van der Waals surface area contributed by atoms with E-state index in [0.717, 1.165) is 25.1 Å². The van der Waals surface area contributed by atoms with Crippen molar-refractivity contribution >= 4 is 0 Å². The molecular weight excluding hydrogens is 296 g/mol. The molecule has 126 valence electrons. The number of rotatable bonds is 3. The number of aliphatic hydroxyl groups excluding tert-OH is 1. The fourth-order valence-electron chi connectivity index (χ4n) is 3.89. The molecule has 0 aliphatic carbocycles. The largest absolute Gasteiger partial charge is 0.387 e. The maximum Gasteiger partial charge on any atom is 0.190 e. The number of pyridine rings is 1. The summed E-state index contributed by atoms with van der Waals surface area (Å²) in [5, 5.41) is 10.5. The van der Waals surface area contributed by atoms with Crippen LogP contribution >= 0.6 is 0 Å². The first kappa shape index (κ1) is 15.5. The average molecular weight is 320 g/mol. The van der Waals surface area contributed by atoms with Gasteiger partial charge in [-0.1, -0.05) is 6.07 Å². The quantitative estimate of drug-likeness (QED) is 0.909.